The monoisotopic (exact) mass is 510 g/mol. The Kier molecular flexibility index (Phi) is 8.32. The van der Waals surface area contributed by atoms with E-state index in [1.807, 2.05) is 18.3 Å². The normalized spacial score (nSPS) is 11.1. The van der Waals surface area contributed by atoms with Crippen LogP contribution in [-0.4, -0.2) is 33.0 Å². The minimum atomic E-state index is -0.483. The highest BCUT2D eigenvalue weighted by Crippen LogP contribution is 2.31. The Morgan fingerprint density at radius 3 is 2.75 bits per heavy atom. The average Bonchev–Trinajstić information content (AvgIpc) is 3.30. The summed E-state index contributed by atoms with van der Waals surface area (Å²) in [5.74, 6) is 1.49. The predicted molar refractivity (Wildman–Crippen MR) is 138 cm³/mol. The smallest absolute Gasteiger partial charge is 0.217 e. The van der Waals surface area contributed by atoms with Crippen molar-refractivity contribution in [3.63, 3.8) is 0 Å². The lowest BCUT2D eigenvalue weighted by molar-refractivity contribution is -0.118. The van der Waals surface area contributed by atoms with Crippen molar-refractivity contribution >= 4 is 39.9 Å². The van der Waals surface area contributed by atoms with E-state index in [-0.39, 0.29) is 10.9 Å². The molecule has 0 fully saturated rings. The number of ether oxygens (including phenoxy) is 1. The number of methoxy groups -OCH3 is 1. The van der Waals surface area contributed by atoms with Crippen LogP contribution in [0.2, 0.25) is 5.02 Å². The van der Waals surface area contributed by atoms with E-state index in [0.717, 1.165) is 54.6 Å². The lowest BCUT2D eigenvalue weighted by Gasteiger charge is -2.13. The molecule has 0 aliphatic carbocycles. The van der Waals surface area contributed by atoms with Crippen LogP contribution in [-0.2, 0) is 17.6 Å². The Bertz CT molecular complexity index is 1360. The molecular formula is C26H28ClFN6O2. The molecule has 0 aliphatic heterocycles. The molecule has 0 saturated heterocycles. The first kappa shape index (κ1) is 25.4. The fraction of sp³-hybridized carbons (Fsp3) is 0.308. The number of rotatable bonds is 12. The average molecular weight is 511 g/mol. The van der Waals surface area contributed by atoms with Crippen LogP contribution in [0.4, 0.5) is 15.9 Å². The molecule has 0 aliphatic rings. The van der Waals surface area contributed by atoms with Gasteiger partial charge in [0.1, 0.15) is 29.5 Å². The number of anilines is 2. The number of halogens is 2. The van der Waals surface area contributed by atoms with Gasteiger partial charge in [-0.3, -0.25) is 4.79 Å². The molecule has 0 radical (unpaired) electrons. The molecule has 4 aromatic rings. The number of primary amides is 1. The molecule has 36 heavy (non-hydrogen) atoms. The maximum Gasteiger partial charge on any atom is 0.217 e. The molecule has 0 saturated carbocycles. The van der Waals surface area contributed by atoms with Gasteiger partial charge in [0.05, 0.1) is 17.6 Å². The number of fused-ring (bicyclic) bond motifs is 1. The van der Waals surface area contributed by atoms with Crippen LogP contribution >= 0.6 is 11.6 Å². The number of amides is 1. The van der Waals surface area contributed by atoms with Gasteiger partial charge in [-0.1, -0.05) is 24.4 Å². The molecule has 0 atom stereocenters. The number of carbonyl (C=O) groups is 1. The van der Waals surface area contributed by atoms with E-state index in [2.05, 4.69) is 25.3 Å². The van der Waals surface area contributed by atoms with Gasteiger partial charge in [-0.2, -0.15) is 0 Å². The number of benzene rings is 2. The Morgan fingerprint density at radius 1 is 1.14 bits per heavy atom. The number of H-pyrrole nitrogens is 1. The SMILES string of the molecule is COc1cc2ncnc(Nc3ccc(F)c(Cl)c3)c2cc1Cc1cnc(CCCCCCC(N)=O)[nH]1. The Balaban J connectivity index is 1.48. The second-order valence-corrected chi connectivity index (χ2v) is 8.98. The number of unbranched alkanes of at least 4 members (excludes halogenated alkanes) is 3. The first-order chi connectivity index (χ1) is 17.4. The molecular weight excluding hydrogens is 483 g/mol. The van der Waals surface area contributed by atoms with Crippen molar-refractivity contribution in [2.45, 2.75) is 44.9 Å². The molecule has 1 amide bonds. The summed E-state index contributed by atoms with van der Waals surface area (Å²) >= 11 is 5.93. The van der Waals surface area contributed by atoms with Crippen molar-refractivity contribution in [1.29, 1.82) is 0 Å². The number of nitrogens with one attached hydrogen (secondary N) is 2. The van der Waals surface area contributed by atoms with E-state index in [1.54, 1.807) is 13.2 Å². The first-order valence-corrected chi connectivity index (χ1v) is 12.2. The Morgan fingerprint density at radius 2 is 1.97 bits per heavy atom. The number of aromatic amines is 1. The zero-order chi connectivity index (χ0) is 25.5. The van der Waals surface area contributed by atoms with E-state index in [9.17, 15) is 9.18 Å². The van der Waals surface area contributed by atoms with Crippen LogP contribution < -0.4 is 15.8 Å². The molecule has 10 heteroatoms. The summed E-state index contributed by atoms with van der Waals surface area (Å²) in [5, 5.41) is 4.03. The van der Waals surface area contributed by atoms with Crippen LogP contribution in [0.25, 0.3) is 10.9 Å². The first-order valence-electron chi connectivity index (χ1n) is 11.8. The van der Waals surface area contributed by atoms with Crippen molar-refractivity contribution in [2.75, 3.05) is 12.4 Å². The molecule has 0 bridgehead atoms. The number of hydrogen-bond acceptors (Lipinski definition) is 6. The van der Waals surface area contributed by atoms with Gasteiger partial charge >= 0.3 is 0 Å². The van der Waals surface area contributed by atoms with E-state index in [1.165, 1.54) is 18.5 Å². The summed E-state index contributed by atoms with van der Waals surface area (Å²) in [7, 11) is 1.63. The fourth-order valence-electron chi connectivity index (χ4n) is 4.04. The maximum atomic E-state index is 13.6. The lowest BCUT2D eigenvalue weighted by Crippen LogP contribution is -2.09. The molecule has 2 heterocycles. The van der Waals surface area contributed by atoms with Gasteiger partial charge in [-0.25, -0.2) is 19.3 Å². The fourth-order valence-corrected chi connectivity index (χ4v) is 4.22. The number of carbonyl (C=O) groups excluding carboxylic acids is 1. The van der Waals surface area contributed by atoms with E-state index < -0.39 is 5.82 Å². The van der Waals surface area contributed by atoms with Crippen LogP contribution in [0.1, 0.15) is 49.2 Å². The summed E-state index contributed by atoms with van der Waals surface area (Å²) in [6.45, 7) is 0. The highest BCUT2D eigenvalue weighted by atomic mass is 35.5. The number of hydrogen-bond donors (Lipinski definition) is 3. The number of aryl methyl sites for hydroxylation is 1. The third-order valence-corrected chi connectivity index (χ3v) is 6.16. The third-order valence-electron chi connectivity index (χ3n) is 5.87. The zero-order valence-corrected chi connectivity index (χ0v) is 20.7. The van der Waals surface area contributed by atoms with E-state index >= 15 is 0 Å². The molecule has 2 aromatic carbocycles. The molecule has 4 rings (SSSR count). The quantitative estimate of drug-likeness (QED) is 0.217. The summed E-state index contributed by atoms with van der Waals surface area (Å²) in [4.78, 5) is 27.5. The van der Waals surface area contributed by atoms with E-state index in [4.69, 9.17) is 22.1 Å². The van der Waals surface area contributed by atoms with Crippen LogP contribution in [0.15, 0.2) is 42.9 Å². The standard InChI is InChI=1S/C26H28ClFN6O2/c1-36-23-13-22-19(26(32-15-31-22)34-17-8-9-21(28)20(27)12-17)11-16(23)10-18-14-30-25(33-18)7-5-3-2-4-6-24(29)35/h8-9,11-15H,2-7,10H2,1H3,(H2,29,35)(H,30,33)(H,31,32,34). The van der Waals surface area contributed by atoms with Gasteiger partial charge in [-0.15, -0.1) is 0 Å². The minimum absolute atomic E-state index is 0.0291. The number of aromatic nitrogens is 4. The van der Waals surface area contributed by atoms with Crippen LogP contribution in [0, 0.1) is 5.82 Å². The Labute approximate surface area is 213 Å². The number of nitrogens with zero attached hydrogens (tertiary/aromatic N) is 3. The minimum Gasteiger partial charge on any atom is -0.496 e. The van der Waals surface area contributed by atoms with Gasteiger partial charge in [0.25, 0.3) is 0 Å². The molecule has 4 N–H and O–H groups in total. The van der Waals surface area contributed by atoms with Crippen molar-refractivity contribution in [1.82, 2.24) is 19.9 Å². The van der Waals surface area contributed by atoms with Crippen LogP contribution in [0.5, 0.6) is 5.75 Å². The summed E-state index contributed by atoms with van der Waals surface area (Å²) in [6.07, 6.45) is 8.99. The van der Waals surface area contributed by atoms with Crippen molar-refractivity contribution in [3.05, 3.63) is 70.8 Å². The van der Waals surface area contributed by atoms with Gasteiger partial charge in [0.15, 0.2) is 0 Å². The number of imidazole rings is 1. The van der Waals surface area contributed by atoms with Gasteiger partial charge in [-0.05, 0) is 37.1 Å². The highest BCUT2D eigenvalue weighted by Gasteiger charge is 2.13. The third kappa shape index (κ3) is 6.48. The summed E-state index contributed by atoms with van der Waals surface area (Å²) in [6, 6.07) is 8.28. The maximum absolute atomic E-state index is 13.6. The van der Waals surface area contributed by atoms with E-state index in [0.29, 0.717) is 35.6 Å². The van der Waals surface area contributed by atoms with Gasteiger partial charge < -0.3 is 20.8 Å². The molecule has 8 nitrogen and oxygen atoms in total. The molecule has 0 unspecified atom stereocenters. The topological polar surface area (TPSA) is 119 Å². The van der Waals surface area contributed by atoms with Crippen molar-refractivity contribution < 1.29 is 13.9 Å². The molecule has 188 valence electrons. The van der Waals surface area contributed by atoms with Crippen molar-refractivity contribution in [2.24, 2.45) is 5.73 Å². The van der Waals surface area contributed by atoms with Crippen molar-refractivity contribution in [3.8, 4) is 5.75 Å². The summed E-state index contributed by atoms with van der Waals surface area (Å²) < 4.78 is 19.2. The van der Waals surface area contributed by atoms with Gasteiger partial charge in [0, 0.05) is 53.9 Å². The molecule has 0 spiro atoms. The largest absolute Gasteiger partial charge is 0.496 e. The Hall–Kier alpha value is -3.72. The predicted octanol–water partition coefficient (Wildman–Crippen LogP) is 5.47. The summed E-state index contributed by atoms with van der Waals surface area (Å²) in [5.41, 5.74) is 8.42. The second kappa shape index (κ2) is 11.8. The number of nitrogens with two attached hydrogens (primary N) is 1. The van der Waals surface area contributed by atoms with Crippen LogP contribution in [0.3, 0.4) is 0 Å². The van der Waals surface area contributed by atoms with Gasteiger partial charge in [0.2, 0.25) is 5.91 Å². The highest BCUT2D eigenvalue weighted by molar-refractivity contribution is 6.31. The zero-order valence-electron chi connectivity index (χ0n) is 20.0. The second-order valence-electron chi connectivity index (χ2n) is 8.57. The lowest BCUT2D eigenvalue weighted by atomic mass is 10.1. The molecule has 2 aromatic heterocycles.